The Kier molecular flexibility index (Phi) is 4.65. The number of hydrogen-bond acceptors (Lipinski definition) is 2. The molecule has 0 radical (unpaired) electrons. The van der Waals surface area contributed by atoms with Crippen molar-refractivity contribution in [1.82, 2.24) is 10.2 Å². The Bertz CT molecular complexity index is 455. The SMILES string of the molecule is CCCN(Cc1ccc(F)cc1C(F)(F)F)C1CNC1. The van der Waals surface area contributed by atoms with Crippen molar-refractivity contribution in [2.75, 3.05) is 19.6 Å². The highest BCUT2D eigenvalue weighted by Crippen LogP contribution is 2.33. The van der Waals surface area contributed by atoms with Crippen molar-refractivity contribution in [3.63, 3.8) is 0 Å². The van der Waals surface area contributed by atoms with Gasteiger partial charge in [-0.3, -0.25) is 4.90 Å². The molecule has 2 rings (SSSR count). The van der Waals surface area contributed by atoms with Crippen LogP contribution < -0.4 is 5.32 Å². The van der Waals surface area contributed by atoms with Crippen molar-refractivity contribution < 1.29 is 17.6 Å². The van der Waals surface area contributed by atoms with Crippen LogP contribution in [0.3, 0.4) is 0 Å². The van der Waals surface area contributed by atoms with Crippen LogP contribution in [0.2, 0.25) is 0 Å². The lowest BCUT2D eigenvalue weighted by Crippen LogP contribution is -2.57. The lowest BCUT2D eigenvalue weighted by molar-refractivity contribution is -0.138. The van der Waals surface area contributed by atoms with E-state index in [4.69, 9.17) is 0 Å². The molecule has 20 heavy (non-hydrogen) atoms. The molecule has 0 unspecified atom stereocenters. The molecule has 1 aromatic rings. The summed E-state index contributed by atoms with van der Waals surface area (Å²) in [7, 11) is 0. The van der Waals surface area contributed by atoms with Gasteiger partial charge >= 0.3 is 6.18 Å². The molecule has 0 spiro atoms. The Morgan fingerprint density at radius 2 is 2.00 bits per heavy atom. The maximum absolute atomic E-state index is 13.1. The van der Waals surface area contributed by atoms with Gasteiger partial charge in [0.15, 0.2) is 0 Å². The van der Waals surface area contributed by atoms with Crippen molar-refractivity contribution in [3.05, 3.63) is 35.1 Å². The van der Waals surface area contributed by atoms with E-state index in [1.165, 1.54) is 6.07 Å². The smallest absolute Gasteiger partial charge is 0.314 e. The molecule has 2 nitrogen and oxygen atoms in total. The molecule has 0 aliphatic carbocycles. The fourth-order valence-electron chi connectivity index (χ4n) is 2.38. The summed E-state index contributed by atoms with van der Waals surface area (Å²) in [6.45, 7) is 4.52. The summed E-state index contributed by atoms with van der Waals surface area (Å²) >= 11 is 0. The average Bonchev–Trinajstić information content (AvgIpc) is 2.28. The Hall–Kier alpha value is -1.14. The molecule has 1 heterocycles. The van der Waals surface area contributed by atoms with Gasteiger partial charge in [0.2, 0.25) is 0 Å². The van der Waals surface area contributed by atoms with E-state index >= 15 is 0 Å². The second-order valence-electron chi connectivity index (χ2n) is 5.08. The highest BCUT2D eigenvalue weighted by molar-refractivity contribution is 5.30. The Morgan fingerprint density at radius 3 is 2.50 bits per heavy atom. The zero-order valence-corrected chi connectivity index (χ0v) is 11.3. The first kappa shape index (κ1) is 15.3. The van der Waals surface area contributed by atoms with Gasteiger partial charge in [0.1, 0.15) is 5.82 Å². The fraction of sp³-hybridized carbons (Fsp3) is 0.571. The second-order valence-corrected chi connectivity index (χ2v) is 5.08. The van der Waals surface area contributed by atoms with Gasteiger partial charge < -0.3 is 5.32 Å². The predicted molar refractivity (Wildman–Crippen MR) is 68.8 cm³/mol. The standard InChI is InChI=1S/C14H18F4N2/c1-2-5-20(12-7-19-8-12)9-10-3-4-11(15)6-13(10)14(16,17)18/h3-4,6,12,19H,2,5,7-9H2,1H3. The number of hydrogen-bond donors (Lipinski definition) is 1. The molecule has 1 saturated heterocycles. The molecule has 1 N–H and O–H groups in total. The number of nitrogens with zero attached hydrogens (tertiary/aromatic N) is 1. The molecular weight excluding hydrogens is 272 g/mol. The van der Waals surface area contributed by atoms with Crippen LogP contribution in [-0.4, -0.2) is 30.6 Å². The van der Waals surface area contributed by atoms with E-state index in [1.807, 2.05) is 11.8 Å². The minimum Gasteiger partial charge on any atom is -0.314 e. The fourth-order valence-corrected chi connectivity index (χ4v) is 2.38. The highest BCUT2D eigenvalue weighted by atomic mass is 19.4. The topological polar surface area (TPSA) is 15.3 Å². The van der Waals surface area contributed by atoms with Crippen LogP contribution in [0.25, 0.3) is 0 Å². The number of alkyl halides is 3. The Morgan fingerprint density at radius 1 is 1.30 bits per heavy atom. The average molecular weight is 290 g/mol. The summed E-state index contributed by atoms with van der Waals surface area (Å²) < 4.78 is 52.0. The van der Waals surface area contributed by atoms with Crippen LogP contribution in [0.1, 0.15) is 24.5 Å². The largest absolute Gasteiger partial charge is 0.416 e. The Labute approximate surface area is 115 Å². The summed E-state index contributed by atoms with van der Waals surface area (Å²) in [5.41, 5.74) is -0.731. The van der Waals surface area contributed by atoms with Gasteiger partial charge in [-0.1, -0.05) is 13.0 Å². The van der Waals surface area contributed by atoms with Gasteiger partial charge in [-0.25, -0.2) is 4.39 Å². The van der Waals surface area contributed by atoms with Gasteiger partial charge in [-0.2, -0.15) is 13.2 Å². The molecule has 1 aliphatic heterocycles. The molecule has 0 amide bonds. The van der Waals surface area contributed by atoms with Crippen LogP contribution in [0.15, 0.2) is 18.2 Å². The van der Waals surface area contributed by atoms with Crippen LogP contribution in [0.5, 0.6) is 0 Å². The van der Waals surface area contributed by atoms with Crippen LogP contribution in [0, 0.1) is 5.82 Å². The maximum atomic E-state index is 13.1. The summed E-state index contributed by atoms with van der Waals surface area (Å²) in [5, 5.41) is 3.12. The summed E-state index contributed by atoms with van der Waals surface area (Å²) in [6.07, 6.45) is -3.65. The lowest BCUT2D eigenvalue weighted by Gasteiger charge is -2.38. The van der Waals surface area contributed by atoms with Gasteiger partial charge in [0, 0.05) is 25.7 Å². The van der Waals surface area contributed by atoms with E-state index in [0.717, 1.165) is 32.1 Å². The minimum atomic E-state index is -4.52. The molecule has 112 valence electrons. The van der Waals surface area contributed by atoms with Crippen molar-refractivity contribution in [1.29, 1.82) is 0 Å². The minimum absolute atomic E-state index is 0.138. The number of benzene rings is 1. The van der Waals surface area contributed by atoms with Gasteiger partial charge in [-0.15, -0.1) is 0 Å². The van der Waals surface area contributed by atoms with E-state index in [9.17, 15) is 17.6 Å². The summed E-state index contributed by atoms with van der Waals surface area (Å²) in [4.78, 5) is 2.03. The number of halogens is 4. The molecule has 6 heteroatoms. The monoisotopic (exact) mass is 290 g/mol. The van der Waals surface area contributed by atoms with E-state index < -0.39 is 17.6 Å². The number of nitrogens with one attached hydrogen (secondary N) is 1. The van der Waals surface area contributed by atoms with E-state index in [-0.39, 0.29) is 18.2 Å². The first-order valence-electron chi connectivity index (χ1n) is 6.72. The maximum Gasteiger partial charge on any atom is 0.416 e. The van der Waals surface area contributed by atoms with Crippen LogP contribution in [-0.2, 0) is 12.7 Å². The molecule has 0 bridgehead atoms. The van der Waals surface area contributed by atoms with E-state index in [1.54, 1.807) is 0 Å². The zero-order chi connectivity index (χ0) is 14.8. The molecule has 0 atom stereocenters. The van der Waals surface area contributed by atoms with Crippen molar-refractivity contribution in [2.45, 2.75) is 32.1 Å². The summed E-state index contributed by atoms with van der Waals surface area (Å²) in [6, 6.07) is 3.18. The van der Waals surface area contributed by atoms with Gasteiger partial charge in [0.25, 0.3) is 0 Å². The molecule has 1 fully saturated rings. The highest BCUT2D eigenvalue weighted by Gasteiger charge is 2.35. The van der Waals surface area contributed by atoms with Crippen molar-refractivity contribution in [3.8, 4) is 0 Å². The third kappa shape index (κ3) is 3.49. The van der Waals surface area contributed by atoms with Crippen LogP contribution in [0.4, 0.5) is 17.6 Å². The van der Waals surface area contributed by atoms with Gasteiger partial charge in [0.05, 0.1) is 5.56 Å². The first-order chi connectivity index (χ1) is 9.41. The van der Waals surface area contributed by atoms with Gasteiger partial charge in [-0.05, 0) is 30.7 Å². The zero-order valence-electron chi connectivity index (χ0n) is 11.3. The first-order valence-corrected chi connectivity index (χ1v) is 6.72. The summed E-state index contributed by atoms with van der Waals surface area (Å²) in [5.74, 6) is -0.853. The third-order valence-electron chi connectivity index (χ3n) is 3.54. The number of rotatable bonds is 5. The molecule has 0 aromatic heterocycles. The van der Waals surface area contributed by atoms with E-state index in [2.05, 4.69) is 5.32 Å². The second kappa shape index (κ2) is 6.10. The predicted octanol–water partition coefficient (Wildman–Crippen LogP) is 3.03. The Balaban J connectivity index is 2.22. The molecule has 1 aromatic carbocycles. The molecule has 1 aliphatic rings. The third-order valence-corrected chi connectivity index (χ3v) is 3.54. The quantitative estimate of drug-likeness (QED) is 0.839. The molecular formula is C14H18F4N2. The van der Waals surface area contributed by atoms with Crippen molar-refractivity contribution in [2.24, 2.45) is 0 Å². The van der Waals surface area contributed by atoms with E-state index in [0.29, 0.717) is 6.07 Å². The lowest BCUT2D eigenvalue weighted by atomic mass is 10.0. The molecule has 0 saturated carbocycles. The normalized spacial score (nSPS) is 16.5. The van der Waals surface area contributed by atoms with Crippen molar-refractivity contribution >= 4 is 0 Å². The van der Waals surface area contributed by atoms with Crippen LogP contribution >= 0.6 is 0 Å².